The lowest BCUT2D eigenvalue weighted by Crippen LogP contribution is -2.34. The first kappa shape index (κ1) is 23.0. The maximum atomic E-state index is 13.5. The van der Waals surface area contributed by atoms with Gasteiger partial charge in [-0.2, -0.15) is 0 Å². The topological polar surface area (TPSA) is 145 Å². The average Bonchev–Trinajstić information content (AvgIpc) is 2.70. The summed E-state index contributed by atoms with van der Waals surface area (Å²) in [5, 5.41) is 9.75. The van der Waals surface area contributed by atoms with Crippen molar-refractivity contribution in [2.24, 2.45) is 5.14 Å². The number of esters is 1. The van der Waals surface area contributed by atoms with Crippen LogP contribution in [0.25, 0.3) is 0 Å². The molecule has 0 heterocycles. The van der Waals surface area contributed by atoms with Crippen molar-refractivity contribution in [2.45, 2.75) is 11.3 Å². The number of amides is 2. The second-order valence-corrected chi connectivity index (χ2v) is 7.67. The Hall–Kier alpha value is -3.31. The molecule has 0 aromatic heterocycles. The standard InChI is InChI=1S/C19H20FN3O6S/c20-16-4-2-1-3-15(16)19(26)23-11-18(25)29-12-17(24)22-10-9-13-5-7-14(8-6-13)30(21,27)28/h1-8H,9-12H2,(H,22,24)(H,23,26)(H2,21,27,28). The molecule has 0 aliphatic heterocycles. The van der Waals surface area contributed by atoms with Gasteiger partial charge in [-0.3, -0.25) is 14.4 Å². The molecule has 30 heavy (non-hydrogen) atoms. The van der Waals surface area contributed by atoms with Gasteiger partial charge in [0.25, 0.3) is 11.8 Å². The van der Waals surface area contributed by atoms with Gasteiger partial charge in [0, 0.05) is 6.54 Å². The third kappa shape index (κ3) is 7.26. The Bertz CT molecular complexity index is 1020. The molecule has 2 aromatic carbocycles. The van der Waals surface area contributed by atoms with Crippen molar-refractivity contribution in [3.05, 3.63) is 65.5 Å². The van der Waals surface area contributed by atoms with Crippen molar-refractivity contribution in [1.29, 1.82) is 0 Å². The fourth-order valence-electron chi connectivity index (χ4n) is 2.33. The molecule has 0 atom stereocenters. The Labute approximate surface area is 172 Å². The fraction of sp³-hybridized carbons (Fsp3) is 0.211. The molecule has 0 saturated heterocycles. The lowest BCUT2D eigenvalue weighted by atomic mass is 10.1. The van der Waals surface area contributed by atoms with E-state index in [1.807, 2.05) is 0 Å². The Morgan fingerprint density at radius 2 is 1.67 bits per heavy atom. The molecular weight excluding hydrogens is 417 g/mol. The first-order chi connectivity index (χ1) is 14.2. The number of nitrogens with two attached hydrogens (primary N) is 1. The molecule has 0 spiro atoms. The average molecular weight is 437 g/mol. The molecule has 0 radical (unpaired) electrons. The van der Waals surface area contributed by atoms with E-state index >= 15 is 0 Å². The maximum Gasteiger partial charge on any atom is 0.325 e. The number of sulfonamides is 1. The Kier molecular flexibility index (Phi) is 8.01. The van der Waals surface area contributed by atoms with Gasteiger partial charge < -0.3 is 15.4 Å². The second kappa shape index (κ2) is 10.5. The zero-order valence-electron chi connectivity index (χ0n) is 15.8. The number of nitrogens with one attached hydrogen (secondary N) is 2. The van der Waals surface area contributed by atoms with Crippen LogP contribution in [0.15, 0.2) is 53.4 Å². The van der Waals surface area contributed by atoms with E-state index in [2.05, 4.69) is 10.6 Å². The zero-order chi connectivity index (χ0) is 22.1. The van der Waals surface area contributed by atoms with Gasteiger partial charge in [-0.1, -0.05) is 24.3 Å². The minimum Gasteiger partial charge on any atom is -0.454 e. The normalized spacial score (nSPS) is 10.9. The lowest BCUT2D eigenvalue weighted by molar-refractivity contribution is -0.147. The lowest BCUT2D eigenvalue weighted by Gasteiger charge is -2.08. The minimum absolute atomic E-state index is 0.00992. The highest BCUT2D eigenvalue weighted by Gasteiger charge is 2.13. The number of hydrogen-bond donors (Lipinski definition) is 3. The van der Waals surface area contributed by atoms with Crippen LogP contribution in [0.2, 0.25) is 0 Å². The molecule has 0 saturated carbocycles. The van der Waals surface area contributed by atoms with Gasteiger partial charge in [0.2, 0.25) is 10.0 Å². The number of halogens is 1. The van der Waals surface area contributed by atoms with E-state index in [0.717, 1.165) is 11.6 Å². The third-order valence-electron chi connectivity index (χ3n) is 3.86. The van der Waals surface area contributed by atoms with E-state index in [4.69, 9.17) is 9.88 Å². The molecule has 2 aromatic rings. The van der Waals surface area contributed by atoms with Gasteiger partial charge in [0.05, 0.1) is 10.5 Å². The zero-order valence-corrected chi connectivity index (χ0v) is 16.6. The third-order valence-corrected chi connectivity index (χ3v) is 4.79. The summed E-state index contributed by atoms with van der Waals surface area (Å²) in [5.74, 6) is -2.90. The summed E-state index contributed by atoms with van der Waals surface area (Å²) >= 11 is 0. The monoisotopic (exact) mass is 437 g/mol. The SMILES string of the molecule is NS(=O)(=O)c1ccc(CCNC(=O)COC(=O)CNC(=O)c2ccccc2F)cc1. The second-order valence-electron chi connectivity index (χ2n) is 6.11. The number of primary sulfonamides is 1. The van der Waals surface area contributed by atoms with Crippen LogP contribution in [0.1, 0.15) is 15.9 Å². The van der Waals surface area contributed by atoms with Gasteiger partial charge in [0.15, 0.2) is 6.61 Å². The number of carbonyl (C=O) groups excluding carboxylic acids is 3. The molecule has 11 heteroatoms. The summed E-state index contributed by atoms with van der Waals surface area (Å²) in [5.41, 5.74) is 0.565. The molecule has 9 nitrogen and oxygen atoms in total. The van der Waals surface area contributed by atoms with Gasteiger partial charge >= 0.3 is 5.97 Å². The van der Waals surface area contributed by atoms with E-state index in [-0.39, 0.29) is 17.0 Å². The van der Waals surface area contributed by atoms with Crippen molar-refractivity contribution in [2.75, 3.05) is 19.7 Å². The number of hydrogen-bond acceptors (Lipinski definition) is 6. The van der Waals surface area contributed by atoms with Crippen LogP contribution >= 0.6 is 0 Å². The predicted octanol–water partition coefficient (Wildman–Crippen LogP) is 0.105. The van der Waals surface area contributed by atoms with E-state index in [9.17, 15) is 27.2 Å². The van der Waals surface area contributed by atoms with E-state index in [0.29, 0.717) is 6.42 Å². The van der Waals surface area contributed by atoms with Crippen molar-refractivity contribution in [1.82, 2.24) is 10.6 Å². The highest BCUT2D eigenvalue weighted by molar-refractivity contribution is 7.89. The molecule has 2 rings (SSSR count). The first-order valence-corrected chi connectivity index (χ1v) is 10.3. The highest BCUT2D eigenvalue weighted by atomic mass is 32.2. The van der Waals surface area contributed by atoms with Crippen LogP contribution in [-0.2, 0) is 30.8 Å². The van der Waals surface area contributed by atoms with Crippen LogP contribution in [-0.4, -0.2) is 45.9 Å². The Balaban J connectivity index is 1.66. The number of rotatable bonds is 9. The van der Waals surface area contributed by atoms with Crippen molar-refractivity contribution >= 4 is 27.8 Å². The molecule has 0 aliphatic carbocycles. The summed E-state index contributed by atoms with van der Waals surface area (Å²) in [6, 6.07) is 11.2. The molecule has 0 bridgehead atoms. The minimum atomic E-state index is -3.76. The van der Waals surface area contributed by atoms with Crippen molar-refractivity contribution in [3.8, 4) is 0 Å². The van der Waals surface area contributed by atoms with Crippen molar-refractivity contribution in [3.63, 3.8) is 0 Å². The number of carbonyl (C=O) groups is 3. The molecule has 0 aliphatic rings. The van der Waals surface area contributed by atoms with Gasteiger partial charge in [-0.15, -0.1) is 0 Å². The largest absolute Gasteiger partial charge is 0.454 e. The summed E-state index contributed by atoms with van der Waals surface area (Å²) in [4.78, 5) is 35.1. The summed E-state index contributed by atoms with van der Waals surface area (Å²) < 4.78 is 40.6. The fourth-order valence-corrected chi connectivity index (χ4v) is 2.85. The van der Waals surface area contributed by atoms with Crippen LogP contribution < -0.4 is 15.8 Å². The van der Waals surface area contributed by atoms with Crippen LogP contribution in [0, 0.1) is 5.82 Å². The van der Waals surface area contributed by atoms with Gasteiger partial charge in [-0.05, 0) is 36.2 Å². The highest BCUT2D eigenvalue weighted by Crippen LogP contribution is 2.09. The summed E-state index contributed by atoms with van der Waals surface area (Å²) in [6.07, 6.45) is 0.420. The molecular formula is C19H20FN3O6S. The molecule has 2 amide bonds. The Morgan fingerprint density at radius 3 is 2.30 bits per heavy atom. The number of benzene rings is 2. The first-order valence-electron chi connectivity index (χ1n) is 8.73. The summed E-state index contributed by atoms with van der Waals surface area (Å²) in [7, 11) is -3.76. The predicted molar refractivity (Wildman–Crippen MR) is 104 cm³/mol. The van der Waals surface area contributed by atoms with Crippen molar-refractivity contribution < 1.29 is 31.9 Å². The van der Waals surface area contributed by atoms with Crippen LogP contribution in [0.4, 0.5) is 4.39 Å². The molecule has 0 unspecified atom stereocenters. The molecule has 0 fully saturated rings. The smallest absolute Gasteiger partial charge is 0.325 e. The van der Waals surface area contributed by atoms with Gasteiger partial charge in [-0.25, -0.2) is 17.9 Å². The number of ether oxygens (including phenoxy) is 1. The van der Waals surface area contributed by atoms with E-state index < -0.39 is 46.8 Å². The van der Waals surface area contributed by atoms with Gasteiger partial charge in [0.1, 0.15) is 12.4 Å². The van der Waals surface area contributed by atoms with Crippen LogP contribution in [0.3, 0.4) is 0 Å². The van der Waals surface area contributed by atoms with E-state index in [1.165, 1.54) is 30.3 Å². The molecule has 4 N–H and O–H groups in total. The maximum absolute atomic E-state index is 13.5. The quantitative estimate of drug-likeness (QED) is 0.475. The molecule has 160 valence electrons. The summed E-state index contributed by atoms with van der Waals surface area (Å²) in [6.45, 7) is -0.829. The van der Waals surface area contributed by atoms with Crippen LogP contribution in [0.5, 0.6) is 0 Å². The Morgan fingerprint density at radius 1 is 1.00 bits per heavy atom. The van der Waals surface area contributed by atoms with E-state index in [1.54, 1.807) is 12.1 Å².